The predicted octanol–water partition coefficient (Wildman–Crippen LogP) is 6.48. The lowest BCUT2D eigenvalue weighted by molar-refractivity contribution is 0.0884. The Balaban J connectivity index is 1.78. The summed E-state index contributed by atoms with van der Waals surface area (Å²) in [5, 5.41) is 2.98. The molecule has 1 heterocycles. The third-order valence-corrected chi connectivity index (χ3v) is 8.08. The second kappa shape index (κ2) is 9.56. The number of aryl methyl sites for hydroxylation is 1. The Hall–Kier alpha value is -3.02. The van der Waals surface area contributed by atoms with Crippen LogP contribution in [0.2, 0.25) is 0 Å². The summed E-state index contributed by atoms with van der Waals surface area (Å²) < 4.78 is 6.35. The van der Waals surface area contributed by atoms with Crippen LogP contribution in [0.4, 0.5) is 5.69 Å². The summed E-state index contributed by atoms with van der Waals surface area (Å²) in [6, 6.07) is 3.73. The Labute approximate surface area is 205 Å². The molecular formula is C29H34N2O4. The van der Waals surface area contributed by atoms with Crippen molar-refractivity contribution in [2.75, 3.05) is 12.4 Å². The van der Waals surface area contributed by atoms with Crippen molar-refractivity contribution in [3.63, 3.8) is 0 Å². The molecule has 1 aromatic carbocycles. The fraction of sp³-hybridized carbons (Fsp3) is 0.517. The number of ketones is 2. The maximum absolute atomic E-state index is 13.8. The van der Waals surface area contributed by atoms with Gasteiger partial charge in [-0.05, 0) is 51.2 Å². The standard InChI is InChI=1S/C29H34N2O4/c1-16-14-15-20(26(33)18-10-6-4-7-11-18)22-28(16)35-29-17(2)25(32)23(30-3)21(24(29)31-22)27(34)19-12-8-5-9-13-19/h14-15,18-19,30H,4-13H2,1-3H3. The van der Waals surface area contributed by atoms with Crippen molar-refractivity contribution in [3.8, 4) is 11.5 Å². The first-order chi connectivity index (χ1) is 16.9. The maximum Gasteiger partial charge on any atom is 0.209 e. The molecule has 0 bridgehead atoms. The average molecular weight is 475 g/mol. The molecule has 0 spiro atoms. The van der Waals surface area contributed by atoms with E-state index in [0.29, 0.717) is 39.2 Å². The van der Waals surface area contributed by atoms with Gasteiger partial charge in [-0.1, -0.05) is 44.6 Å². The van der Waals surface area contributed by atoms with E-state index in [1.165, 1.54) is 6.42 Å². The van der Waals surface area contributed by atoms with Crippen molar-refractivity contribution < 1.29 is 14.0 Å². The van der Waals surface area contributed by atoms with E-state index >= 15 is 0 Å². The third-order valence-electron chi connectivity index (χ3n) is 8.08. The average Bonchev–Trinajstić information content (AvgIpc) is 2.90. The Morgan fingerprint density at radius 3 is 2.11 bits per heavy atom. The number of carbonyl (C=O) groups excluding carboxylic acids is 2. The number of hydrogen-bond donors (Lipinski definition) is 1. The Morgan fingerprint density at radius 2 is 1.51 bits per heavy atom. The van der Waals surface area contributed by atoms with Crippen LogP contribution in [0.5, 0.6) is 0 Å². The zero-order chi connectivity index (χ0) is 24.7. The minimum absolute atomic E-state index is 0.00545. The molecule has 0 radical (unpaired) electrons. The van der Waals surface area contributed by atoms with Crippen molar-refractivity contribution >= 4 is 28.4 Å². The molecule has 1 N–H and O–H groups in total. The number of Topliss-reactive ketones (excluding diaryl/α,β-unsaturated/α-hetero) is 2. The molecule has 4 aliphatic rings. The number of carbonyl (C=O) groups is 2. The van der Waals surface area contributed by atoms with Crippen molar-refractivity contribution in [2.24, 2.45) is 11.8 Å². The van der Waals surface area contributed by atoms with Crippen LogP contribution in [0.25, 0.3) is 22.6 Å². The molecule has 0 atom stereocenters. The van der Waals surface area contributed by atoms with E-state index in [-0.39, 0.29) is 34.5 Å². The van der Waals surface area contributed by atoms with Gasteiger partial charge in [0.05, 0.1) is 11.3 Å². The number of aromatic nitrogens is 1. The van der Waals surface area contributed by atoms with E-state index in [2.05, 4.69) is 5.32 Å². The highest BCUT2D eigenvalue weighted by molar-refractivity contribution is 6.11. The summed E-state index contributed by atoms with van der Waals surface area (Å²) in [6.45, 7) is 3.63. The Morgan fingerprint density at radius 1 is 0.914 bits per heavy atom. The topological polar surface area (TPSA) is 89.3 Å². The maximum atomic E-state index is 13.8. The van der Waals surface area contributed by atoms with Gasteiger partial charge in [-0.3, -0.25) is 14.4 Å². The van der Waals surface area contributed by atoms with Crippen LogP contribution < -0.4 is 10.7 Å². The van der Waals surface area contributed by atoms with Gasteiger partial charge in [0.25, 0.3) is 0 Å². The lowest BCUT2D eigenvalue weighted by Crippen LogP contribution is -2.25. The molecule has 2 fully saturated rings. The Bertz CT molecular complexity index is 1330. The molecule has 35 heavy (non-hydrogen) atoms. The van der Waals surface area contributed by atoms with Crippen molar-refractivity contribution in [3.05, 3.63) is 44.6 Å². The number of rotatable bonds is 5. The van der Waals surface area contributed by atoms with Crippen LogP contribution in [-0.2, 0) is 0 Å². The number of nitrogens with zero attached hydrogens (tertiary/aromatic N) is 1. The summed E-state index contributed by atoms with van der Waals surface area (Å²) >= 11 is 0. The van der Waals surface area contributed by atoms with E-state index in [4.69, 9.17) is 9.40 Å². The number of benzene rings is 2. The first-order valence-corrected chi connectivity index (χ1v) is 13.1. The summed E-state index contributed by atoms with van der Waals surface area (Å²) in [7, 11) is 1.67. The minimum atomic E-state index is -0.240. The van der Waals surface area contributed by atoms with Crippen LogP contribution in [-0.4, -0.2) is 23.6 Å². The normalized spacial score (nSPS) is 17.7. The van der Waals surface area contributed by atoms with Crippen LogP contribution >= 0.6 is 0 Å². The highest BCUT2D eigenvalue weighted by Crippen LogP contribution is 2.39. The molecule has 5 rings (SSSR count). The van der Waals surface area contributed by atoms with Gasteiger partial charge in [0.15, 0.2) is 22.9 Å². The molecule has 6 heteroatoms. The van der Waals surface area contributed by atoms with Gasteiger partial charge in [0, 0.05) is 30.0 Å². The van der Waals surface area contributed by atoms with Crippen molar-refractivity contribution in [1.82, 2.24) is 4.98 Å². The minimum Gasteiger partial charge on any atom is -0.452 e. The summed E-state index contributed by atoms with van der Waals surface area (Å²) in [5.41, 5.74) is 3.55. The van der Waals surface area contributed by atoms with Crippen molar-refractivity contribution in [2.45, 2.75) is 78.1 Å². The van der Waals surface area contributed by atoms with Crippen molar-refractivity contribution in [1.29, 1.82) is 0 Å². The van der Waals surface area contributed by atoms with Gasteiger partial charge in [-0.2, -0.15) is 0 Å². The van der Waals surface area contributed by atoms with Gasteiger partial charge in [-0.25, -0.2) is 4.98 Å². The molecule has 0 saturated heterocycles. The number of hydrogen-bond acceptors (Lipinski definition) is 6. The first-order valence-electron chi connectivity index (χ1n) is 13.1. The van der Waals surface area contributed by atoms with Crippen LogP contribution in [0.1, 0.15) is 96.1 Å². The number of nitrogens with one attached hydrogen (secondary N) is 1. The van der Waals surface area contributed by atoms with Gasteiger partial charge in [-0.15, -0.1) is 0 Å². The van der Waals surface area contributed by atoms with Gasteiger partial charge >= 0.3 is 0 Å². The van der Waals surface area contributed by atoms with E-state index in [1.54, 1.807) is 14.0 Å². The molecule has 0 aromatic heterocycles. The first kappa shape index (κ1) is 23.7. The SMILES string of the molecule is CNc1c(C(=O)C2CCCCC2)c2nc3c(C(=O)C4CCCCC4)ccc(C)c3oc-2c(C)c1=O. The molecule has 1 aromatic rings. The lowest BCUT2D eigenvalue weighted by Gasteiger charge is -2.24. The van der Waals surface area contributed by atoms with Crippen LogP contribution in [0.3, 0.4) is 0 Å². The van der Waals surface area contributed by atoms with Gasteiger partial charge in [0.2, 0.25) is 5.43 Å². The van der Waals surface area contributed by atoms with E-state index in [9.17, 15) is 14.4 Å². The summed E-state index contributed by atoms with van der Waals surface area (Å²) in [6.07, 6.45) is 9.90. The largest absolute Gasteiger partial charge is 0.452 e. The molecule has 1 aliphatic heterocycles. The fourth-order valence-corrected chi connectivity index (χ4v) is 6.00. The second-order valence-corrected chi connectivity index (χ2v) is 10.4. The van der Waals surface area contributed by atoms with E-state index in [1.807, 2.05) is 19.1 Å². The molecule has 0 unspecified atom stereocenters. The van der Waals surface area contributed by atoms with Crippen LogP contribution in [0, 0.1) is 25.7 Å². The zero-order valence-corrected chi connectivity index (χ0v) is 21.0. The molecule has 184 valence electrons. The summed E-state index contributed by atoms with van der Waals surface area (Å²) in [5.74, 6) is 0.258. The predicted molar refractivity (Wildman–Crippen MR) is 138 cm³/mol. The van der Waals surface area contributed by atoms with E-state index < -0.39 is 0 Å². The molecule has 6 nitrogen and oxygen atoms in total. The molecular weight excluding hydrogens is 440 g/mol. The van der Waals surface area contributed by atoms with Crippen LogP contribution in [0.15, 0.2) is 21.3 Å². The quantitative estimate of drug-likeness (QED) is 0.336. The van der Waals surface area contributed by atoms with Gasteiger partial charge in [0.1, 0.15) is 11.2 Å². The molecule has 2 saturated carbocycles. The number of anilines is 1. The molecule has 3 aliphatic carbocycles. The van der Waals surface area contributed by atoms with E-state index in [0.717, 1.165) is 63.4 Å². The van der Waals surface area contributed by atoms with Gasteiger partial charge < -0.3 is 9.73 Å². The fourth-order valence-electron chi connectivity index (χ4n) is 6.00. The number of fused-ring (bicyclic) bond motifs is 2. The lowest BCUT2D eigenvalue weighted by atomic mass is 9.82. The molecule has 0 amide bonds. The monoisotopic (exact) mass is 474 g/mol. The summed E-state index contributed by atoms with van der Waals surface area (Å²) in [4.78, 5) is 45.6. The zero-order valence-electron chi connectivity index (χ0n) is 21.0. The third kappa shape index (κ3) is 4.07. The highest BCUT2D eigenvalue weighted by atomic mass is 16.3. The Kier molecular flexibility index (Phi) is 6.47. The smallest absolute Gasteiger partial charge is 0.209 e. The highest BCUT2D eigenvalue weighted by Gasteiger charge is 2.34. The second-order valence-electron chi connectivity index (χ2n) is 10.4.